The lowest BCUT2D eigenvalue weighted by molar-refractivity contribution is -0.114. The molecule has 8 heteroatoms. The van der Waals surface area contributed by atoms with Gasteiger partial charge in [0.15, 0.2) is 10.6 Å². The van der Waals surface area contributed by atoms with E-state index in [1.54, 1.807) is 36.4 Å². The summed E-state index contributed by atoms with van der Waals surface area (Å²) < 4.78 is 5.47. The Bertz CT molecular complexity index is 949. The summed E-state index contributed by atoms with van der Waals surface area (Å²) in [6.07, 6.45) is 0. The minimum atomic E-state index is -1.16. The molecular weight excluding hydrogens is 418 g/mol. The van der Waals surface area contributed by atoms with Crippen LogP contribution >= 0.6 is 46.4 Å². The lowest BCUT2D eigenvalue weighted by Gasteiger charge is -2.11. The highest BCUT2D eigenvalue weighted by molar-refractivity contribution is 6.54. The molecule has 26 heavy (non-hydrogen) atoms. The first kappa shape index (κ1) is 19.1. The second kappa shape index (κ2) is 7.89. The highest BCUT2D eigenvalue weighted by atomic mass is 35.5. The van der Waals surface area contributed by atoms with Gasteiger partial charge in [0.1, 0.15) is 5.69 Å². The highest BCUT2D eigenvalue weighted by Gasteiger charge is 2.18. The molecule has 1 heterocycles. The molecule has 2 aromatic carbocycles. The number of hydrogen-bond donors (Lipinski definition) is 1. The highest BCUT2D eigenvalue weighted by Crippen LogP contribution is 2.37. The van der Waals surface area contributed by atoms with Crippen molar-refractivity contribution >= 4 is 58.0 Å². The number of nitrogens with one attached hydrogen (secondary N) is 1. The molecule has 0 aliphatic heterocycles. The van der Waals surface area contributed by atoms with Crippen LogP contribution < -0.4 is 5.32 Å². The van der Waals surface area contributed by atoms with Crippen molar-refractivity contribution in [3.8, 4) is 22.6 Å². The monoisotopic (exact) mass is 428 g/mol. The number of hydrogen-bond acceptors (Lipinski definition) is 3. The predicted molar refractivity (Wildman–Crippen MR) is 106 cm³/mol. The fourth-order valence-electron chi connectivity index (χ4n) is 2.49. The first-order valence-corrected chi connectivity index (χ1v) is 9.11. The number of rotatable bonds is 4. The summed E-state index contributed by atoms with van der Waals surface area (Å²) in [4.78, 5) is 10.6. The predicted octanol–water partition coefficient (Wildman–Crippen LogP) is 6.37. The first-order valence-electron chi connectivity index (χ1n) is 7.48. The van der Waals surface area contributed by atoms with Gasteiger partial charge in [0.05, 0.1) is 10.0 Å². The number of carbonyl (C=O) groups is 1. The molecule has 0 fully saturated rings. The smallest absolute Gasteiger partial charge is 0.257 e. The van der Waals surface area contributed by atoms with Crippen LogP contribution in [0.3, 0.4) is 0 Å². The Kier molecular flexibility index (Phi) is 5.78. The van der Waals surface area contributed by atoms with E-state index in [0.717, 1.165) is 11.1 Å². The van der Waals surface area contributed by atoms with Crippen molar-refractivity contribution in [2.45, 2.75) is 11.8 Å². The fourth-order valence-corrected chi connectivity index (χ4v) is 3.19. The molecular formula is C18H12Cl4N2O2. The van der Waals surface area contributed by atoms with E-state index in [1.807, 2.05) is 13.0 Å². The van der Waals surface area contributed by atoms with Crippen LogP contribution in [-0.4, -0.2) is 15.9 Å². The Balaban J connectivity index is 1.99. The zero-order valence-electron chi connectivity index (χ0n) is 13.4. The molecule has 1 amide bonds. The zero-order chi connectivity index (χ0) is 18.8. The maximum Gasteiger partial charge on any atom is 0.257 e. The molecule has 0 spiro atoms. The van der Waals surface area contributed by atoms with Crippen LogP contribution in [0.15, 0.2) is 47.0 Å². The van der Waals surface area contributed by atoms with Crippen molar-refractivity contribution in [2.24, 2.45) is 0 Å². The molecule has 0 aliphatic carbocycles. The average Bonchev–Trinajstić information content (AvgIpc) is 3.05. The van der Waals surface area contributed by atoms with Crippen LogP contribution in [0.4, 0.5) is 5.69 Å². The lowest BCUT2D eigenvalue weighted by Crippen LogP contribution is -2.19. The Morgan fingerprint density at radius 3 is 2.42 bits per heavy atom. The maximum absolute atomic E-state index is 11.7. The van der Waals surface area contributed by atoms with E-state index in [1.165, 1.54) is 0 Å². The van der Waals surface area contributed by atoms with Gasteiger partial charge in [-0.05, 0) is 30.7 Å². The van der Waals surface area contributed by atoms with Crippen LogP contribution in [0.2, 0.25) is 10.0 Å². The van der Waals surface area contributed by atoms with Gasteiger partial charge in [-0.2, -0.15) is 0 Å². The minimum Gasteiger partial charge on any atom is -0.356 e. The van der Waals surface area contributed by atoms with Gasteiger partial charge in [0.25, 0.3) is 5.91 Å². The van der Waals surface area contributed by atoms with Gasteiger partial charge in [0.2, 0.25) is 0 Å². The van der Waals surface area contributed by atoms with E-state index in [9.17, 15) is 4.79 Å². The van der Waals surface area contributed by atoms with Crippen LogP contribution in [0.5, 0.6) is 0 Å². The zero-order valence-corrected chi connectivity index (χ0v) is 16.4. The number of nitrogens with zero attached hydrogens (tertiary/aromatic N) is 1. The van der Waals surface area contributed by atoms with Crippen LogP contribution in [0.1, 0.15) is 5.56 Å². The summed E-state index contributed by atoms with van der Waals surface area (Å²) in [7, 11) is 0. The lowest BCUT2D eigenvalue weighted by atomic mass is 10.0. The molecule has 3 rings (SSSR count). The first-order chi connectivity index (χ1) is 12.4. The summed E-state index contributed by atoms with van der Waals surface area (Å²) in [6.45, 7) is 1.84. The number of amides is 1. The topological polar surface area (TPSA) is 55.1 Å². The summed E-state index contributed by atoms with van der Waals surface area (Å²) in [5.41, 5.74) is 3.23. The number of aromatic nitrogens is 1. The van der Waals surface area contributed by atoms with E-state index in [4.69, 9.17) is 50.9 Å². The largest absolute Gasteiger partial charge is 0.356 e. The normalized spacial score (nSPS) is 11.0. The summed E-state index contributed by atoms with van der Waals surface area (Å²) in [6, 6.07) is 12.3. The summed E-state index contributed by atoms with van der Waals surface area (Å²) >= 11 is 23.6. The van der Waals surface area contributed by atoms with E-state index >= 15 is 0 Å². The van der Waals surface area contributed by atoms with Crippen LogP contribution in [0, 0.1) is 6.92 Å². The van der Waals surface area contributed by atoms with Gasteiger partial charge in [-0.1, -0.05) is 69.8 Å². The van der Waals surface area contributed by atoms with Gasteiger partial charge in [-0.25, -0.2) is 0 Å². The number of halogens is 4. The maximum atomic E-state index is 11.7. The third-order valence-electron chi connectivity index (χ3n) is 3.78. The van der Waals surface area contributed by atoms with E-state index in [-0.39, 0.29) is 0 Å². The van der Waals surface area contributed by atoms with Crippen LogP contribution in [0.25, 0.3) is 22.6 Å². The number of anilines is 1. The molecule has 0 saturated carbocycles. The number of alkyl halides is 2. The second-order valence-electron chi connectivity index (χ2n) is 5.44. The standard InChI is InChI=1S/C18H12Cl4N2O2/c1-9-10(4-2-7-13(9)23-18(25)17(21)22)15-8-14(24-26-15)16-11(19)5-3-6-12(16)20/h2-8,17H,1H3,(H,23,25). The van der Waals surface area contributed by atoms with E-state index in [0.29, 0.717) is 32.8 Å². The Morgan fingerprint density at radius 1 is 1.12 bits per heavy atom. The molecule has 0 radical (unpaired) electrons. The van der Waals surface area contributed by atoms with Gasteiger partial charge < -0.3 is 9.84 Å². The van der Waals surface area contributed by atoms with E-state index in [2.05, 4.69) is 10.5 Å². The van der Waals surface area contributed by atoms with Crippen molar-refractivity contribution in [3.63, 3.8) is 0 Å². The average molecular weight is 430 g/mol. The molecule has 3 aromatic rings. The molecule has 1 N–H and O–H groups in total. The third-order valence-corrected chi connectivity index (χ3v) is 4.81. The van der Waals surface area contributed by atoms with Gasteiger partial charge in [-0.15, -0.1) is 0 Å². The van der Waals surface area contributed by atoms with Crippen molar-refractivity contribution < 1.29 is 9.32 Å². The SMILES string of the molecule is Cc1c(NC(=O)C(Cl)Cl)cccc1-c1cc(-c2c(Cl)cccc2Cl)no1. The van der Waals surface area contributed by atoms with Crippen molar-refractivity contribution in [2.75, 3.05) is 5.32 Å². The Hall–Kier alpha value is -1.72. The quantitative estimate of drug-likeness (QED) is 0.490. The summed E-state index contributed by atoms with van der Waals surface area (Å²) in [5.74, 6) is 0.00701. The van der Waals surface area contributed by atoms with Gasteiger partial charge in [0, 0.05) is 22.9 Å². The molecule has 0 unspecified atom stereocenters. The molecule has 0 aliphatic rings. The third kappa shape index (κ3) is 3.84. The fraction of sp³-hybridized carbons (Fsp3) is 0.111. The van der Waals surface area contributed by atoms with Crippen LogP contribution in [-0.2, 0) is 4.79 Å². The molecule has 4 nitrogen and oxygen atoms in total. The molecule has 0 bridgehead atoms. The molecule has 1 aromatic heterocycles. The Labute approximate surface area is 170 Å². The van der Waals surface area contributed by atoms with E-state index < -0.39 is 10.7 Å². The minimum absolute atomic E-state index is 0.477. The van der Waals surface area contributed by atoms with Crippen molar-refractivity contribution in [1.82, 2.24) is 5.16 Å². The number of carbonyl (C=O) groups excluding carboxylic acids is 1. The molecule has 134 valence electrons. The van der Waals surface area contributed by atoms with Crippen molar-refractivity contribution in [1.29, 1.82) is 0 Å². The Morgan fingerprint density at radius 2 is 1.77 bits per heavy atom. The van der Waals surface area contributed by atoms with Crippen molar-refractivity contribution in [3.05, 3.63) is 58.1 Å². The molecule has 0 atom stereocenters. The van der Waals surface area contributed by atoms with Gasteiger partial charge >= 0.3 is 0 Å². The summed E-state index contributed by atoms with van der Waals surface area (Å²) in [5, 5.41) is 7.69. The molecule has 0 saturated heterocycles. The van der Waals surface area contributed by atoms with Gasteiger partial charge in [-0.3, -0.25) is 4.79 Å². The second-order valence-corrected chi connectivity index (χ2v) is 7.35. The number of benzene rings is 2.